The maximum atomic E-state index is 11.4. The first-order valence-corrected chi connectivity index (χ1v) is 4.55. The van der Waals surface area contributed by atoms with E-state index in [1.165, 1.54) is 6.08 Å². The van der Waals surface area contributed by atoms with Gasteiger partial charge in [-0.25, -0.2) is 0 Å². The first kappa shape index (κ1) is 10.3. The minimum atomic E-state index is 0.0133. The van der Waals surface area contributed by atoms with Crippen molar-refractivity contribution in [3.8, 4) is 0 Å². The van der Waals surface area contributed by atoms with Crippen LogP contribution in [-0.4, -0.2) is 5.78 Å². The smallest absolute Gasteiger partial charge is 0.166 e. The van der Waals surface area contributed by atoms with Crippen molar-refractivity contribution < 1.29 is 4.79 Å². The topological polar surface area (TPSA) is 17.1 Å². The van der Waals surface area contributed by atoms with E-state index in [1.807, 2.05) is 18.2 Å². The van der Waals surface area contributed by atoms with Crippen LogP contribution in [0.5, 0.6) is 0 Å². The van der Waals surface area contributed by atoms with Crippen LogP contribution >= 0.6 is 23.2 Å². The van der Waals surface area contributed by atoms with Crippen LogP contribution in [0.25, 0.3) is 0 Å². The Labute approximate surface area is 87.0 Å². The fourth-order valence-corrected chi connectivity index (χ4v) is 1.07. The van der Waals surface area contributed by atoms with Gasteiger partial charge in [-0.3, -0.25) is 4.79 Å². The fraction of sp³-hybridized carbons (Fsp3) is 0.100. The monoisotopic (exact) mass is 214 g/mol. The third-order valence-electron chi connectivity index (χ3n) is 1.54. The lowest BCUT2D eigenvalue weighted by atomic mass is 10.1. The quantitative estimate of drug-likeness (QED) is 0.704. The zero-order valence-corrected chi connectivity index (χ0v) is 8.35. The molecule has 1 rings (SSSR count). The van der Waals surface area contributed by atoms with Crippen LogP contribution in [0, 0.1) is 0 Å². The van der Waals surface area contributed by atoms with E-state index in [9.17, 15) is 4.79 Å². The van der Waals surface area contributed by atoms with Crippen molar-refractivity contribution in [2.75, 3.05) is 0 Å². The Morgan fingerprint density at radius 3 is 2.38 bits per heavy atom. The molecule has 0 amide bonds. The molecule has 0 atom stereocenters. The fourth-order valence-electron chi connectivity index (χ4n) is 0.912. The Morgan fingerprint density at radius 1 is 1.23 bits per heavy atom. The van der Waals surface area contributed by atoms with E-state index in [2.05, 4.69) is 0 Å². The molecule has 0 aliphatic heterocycles. The van der Waals surface area contributed by atoms with Crippen molar-refractivity contribution in [1.82, 2.24) is 0 Å². The molecule has 0 aromatic heterocycles. The van der Waals surface area contributed by atoms with Crippen molar-refractivity contribution in [1.29, 1.82) is 0 Å². The molecule has 0 saturated carbocycles. The van der Waals surface area contributed by atoms with Gasteiger partial charge in [-0.1, -0.05) is 53.5 Å². The largest absolute Gasteiger partial charge is 0.294 e. The molecule has 68 valence electrons. The van der Waals surface area contributed by atoms with Crippen molar-refractivity contribution in [3.63, 3.8) is 0 Å². The highest BCUT2D eigenvalue weighted by atomic mass is 35.5. The second-order valence-corrected chi connectivity index (χ2v) is 3.49. The Hall–Kier alpha value is -0.790. The Bertz CT molecular complexity index is 313. The van der Waals surface area contributed by atoms with Crippen LogP contribution in [0.1, 0.15) is 16.8 Å². The van der Waals surface area contributed by atoms with E-state index in [1.54, 1.807) is 12.1 Å². The summed E-state index contributed by atoms with van der Waals surface area (Å²) in [7, 11) is 0. The van der Waals surface area contributed by atoms with E-state index in [-0.39, 0.29) is 16.7 Å². The SMILES string of the molecule is O=C(CC=C(Cl)Cl)c1ccccc1. The van der Waals surface area contributed by atoms with Crippen LogP contribution in [0.2, 0.25) is 0 Å². The highest BCUT2D eigenvalue weighted by Gasteiger charge is 2.01. The summed E-state index contributed by atoms with van der Waals surface area (Å²) >= 11 is 10.8. The number of allylic oxidation sites excluding steroid dienone is 1. The normalized spacial score (nSPS) is 9.38. The molecule has 0 bridgehead atoms. The predicted octanol–water partition coefficient (Wildman–Crippen LogP) is 3.58. The van der Waals surface area contributed by atoms with E-state index in [0.717, 1.165) is 0 Å². The summed E-state index contributed by atoms with van der Waals surface area (Å²) in [6, 6.07) is 9.02. The molecule has 1 aromatic rings. The number of Topliss-reactive ketones (excluding diaryl/α,β-unsaturated/α-hetero) is 1. The molecule has 1 nitrogen and oxygen atoms in total. The number of halogens is 2. The average molecular weight is 215 g/mol. The first-order chi connectivity index (χ1) is 6.20. The molecule has 0 N–H and O–H groups in total. The maximum absolute atomic E-state index is 11.4. The molecule has 13 heavy (non-hydrogen) atoms. The molecule has 0 spiro atoms. The lowest BCUT2D eigenvalue weighted by Crippen LogP contribution is -1.95. The number of carbonyl (C=O) groups is 1. The van der Waals surface area contributed by atoms with Crippen molar-refractivity contribution in [2.45, 2.75) is 6.42 Å². The Balaban J connectivity index is 2.65. The van der Waals surface area contributed by atoms with Gasteiger partial charge in [0.05, 0.1) is 0 Å². The predicted molar refractivity (Wildman–Crippen MR) is 55.2 cm³/mol. The Kier molecular flexibility index (Phi) is 4.00. The molecule has 0 aliphatic carbocycles. The number of hydrogen-bond donors (Lipinski definition) is 0. The molecule has 0 unspecified atom stereocenters. The van der Waals surface area contributed by atoms with Gasteiger partial charge in [0.1, 0.15) is 4.49 Å². The summed E-state index contributed by atoms with van der Waals surface area (Å²) < 4.78 is 0.129. The summed E-state index contributed by atoms with van der Waals surface area (Å²) in [6.07, 6.45) is 1.73. The highest BCUT2D eigenvalue weighted by Crippen LogP contribution is 2.10. The van der Waals surface area contributed by atoms with Gasteiger partial charge in [0.15, 0.2) is 5.78 Å². The van der Waals surface area contributed by atoms with E-state index in [0.29, 0.717) is 5.56 Å². The molecule has 0 saturated heterocycles. The summed E-state index contributed by atoms with van der Waals surface area (Å²) in [5, 5.41) is 0. The third-order valence-corrected chi connectivity index (χ3v) is 1.85. The molecule has 0 radical (unpaired) electrons. The lowest BCUT2D eigenvalue weighted by molar-refractivity contribution is 0.0996. The van der Waals surface area contributed by atoms with Gasteiger partial charge < -0.3 is 0 Å². The second-order valence-electron chi connectivity index (χ2n) is 2.49. The zero-order valence-electron chi connectivity index (χ0n) is 6.84. The van der Waals surface area contributed by atoms with Crippen molar-refractivity contribution in [2.24, 2.45) is 0 Å². The van der Waals surface area contributed by atoms with Gasteiger partial charge in [-0.15, -0.1) is 0 Å². The van der Waals surface area contributed by atoms with Crippen LogP contribution in [0.4, 0.5) is 0 Å². The standard InChI is InChI=1S/C10H8Cl2O/c11-10(12)7-6-9(13)8-4-2-1-3-5-8/h1-5,7H,6H2. The van der Waals surface area contributed by atoms with Crippen molar-refractivity contribution in [3.05, 3.63) is 46.5 Å². The average Bonchev–Trinajstić information content (AvgIpc) is 2.15. The minimum Gasteiger partial charge on any atom is -0.294 e. The zero-order chi connectivity index (χ0) is 9.68. The number of hydrogen-bond acceptors (Lipinski definition) is 1. The third kappa shape index (κ3) is 3.62. The van der Waals surface area contributed by atoms with Crippen molar-refractivity contribution >= 4 is 29.0 Å². The molecule has 3 heteroatoms. The van der Waals surface area contributed by atoms with Crippen LogP contribution < -0.4 is 0 Å². The highest BCUT2D eigenvalue weighted by molar-refractivity contribution is 6.55. The molecule has 0 fully saturated rings. The minimum absolute atomic E-state index is 0.0133. The first-order valence-electron chi connectivity index (χ1n) is 3.79. The van der Waals surface area contributed by atoms with E-state index >= 15 is 0 Å². The summed E-state index contributed by atoms with van der Waals surface area (Å²) in [5.41, 5.74) is 0.674. The summed E-state index contributed by atoms with van der Waals surface area (Å²) in [5.74, 6) is 0.0133. The summed E-state index contributed by atoms with van der Waals surface area (Å²) in [4.78, 5) is 11.4. The molecule has 0 aliphatic rings. The molecule has 1 aromatic carbocycles. The number of benzene rings is 1. The van der Waals surface area contributed by atoms with Gasteiger partial charge in [0.25, 0.3) is 0 Å². The summed E-state index contributed by atoms with van der Waals surface area (Å²) in [6.45, 7) is 0. The van der Waals surface area contributed by atoms with Gasteiger partial charge in [-0.05, 0) is 6.08 Å². The van der Waals surface area contributed by atoms with Gasteiger partial charge >= 0.3 is 0 Å². The number of rotatable bonds is 3. The number of ketones is 1. The number of carbonyl (C=O) groups excluding carboxylic acids is 1. The maximum Gasteiger partial charge on any atom is 0.166 e. The van der Waals surface area contributed by atoms with Gasteiger partial charge in [-0.2, -0.15) is 0 Å². The van der Waals surface area contributed by atoms with Crippen LogP contribution in [0.15, 0.2) is 40.9 Å². The van der Waals surface area contributed by atoms with Crippen LogP contribution in [-0.2, 0) is 0 Å². The lowest BCUT2D eigenvalue weighted by Gasteiger charge is -1.95. The second kappa shape index (κ2) is 5.05. The molecular formula is C10H8Cl2O. The van der Waals surface area contributed by atoms with E-state index in [4.69, 9.17) is 23.2 Å². The van der Waals surface area contributed by atoms with Crippen LogP contribution in [0.3, 0.4) is 0 Å². The van der Waals surface area contributed by atoms with Gasteiger partial charge in [0, 0.05) is 12.0 Å². The van der Waals surface area contributed by atoms with E-state index < -0.39 is 0 Å². The molecular weight excluding hydrogens is 207 g/mol. The van der Waals surface area contributed by atoms with Gasteiger partial charge in [0.2, 0.25) is 0 Å². The Morgan fingerprint density at radius 2 is 1.85 bits per heavy atom. The molecule has 0 heterocycles.